The molecule has 1 aromatic carbocycles. The number of hydrogen-bond donors (Lipinski definition) is 1. The van der Waals surface area contributed by atoms with E-state index in [1.165, 1.54) is 29.3 Å². The zero-order valence-electron chi connectivity index (χ0n) is 11.1. The van der Waals surface area contributed by atoms with Gasteiger partial charge in [0, 0.05) is 6.20 Å². The molecule has 1 aliphatic rings. The maximum absolute atomic E-state index is 13.3. The Balaban J connectivity index is 1.93. The Morgan fingerprint density at radius 1 is 1.36 bits per heavy atom. The fourth-order valence-electron chi connectivity index (χ4n) is 1.94. The minimum atomic E-state index is -0.786. The highest BCUT2D eigenvalue weighted by molar-refractivity contribution is 7.80. The van der Waals surface area contributed by atoms with E-state index in [0.29, 0.717) is 11.3 Å². The summed E-state index contributed by atoms with van der Waals surface area (Å²) in [5.74, 6) is -1.75. The fourth-order valence-corrected chi connectivity index (χ4v) is 2.22. The number of aromatic hydroxyl groups is 1. The molecule has 7 heteroatoms. The summed E-state index contributed by atoms with van der Waals surface area (Å²) >= 11 is 5.04. The van der Waals surface area contributed by atoms with E-state index in [-0.39, 0.29) is 10.9 Å². The average molecular weight is 316 g/mol. The molecule has 0 spiro atoms. The van der Waals surface area contributed by atoms with E-state index in [1.807, 2.05) is 0 Å². The van der Waals surface area contributed by atoms with Crippen LogP contribution in [-0.4, -0.2) is 21.2 Å². The molecule has 2 aromatic rings. The molecular formula is C15H9FN2O3S. The molecule has 1 aliphatic heterocycles. The summed E-state index contributed by atoms with van der Waals surface area (Å²) in [6.45, 7) is 0. The third-order valence-electron chi connectivity index (χ3n) is 2.97. The number of phenols is 1. The van der Waals surface area contributed by atoms with Gasteiger partial charge in [-0.3, -0.25) is 9.78 Å². The highest BCUT2D eigenvalue weighted by Gasteiger charge is 2.34. The van der Waals surface area contributed by atoms with Gasteiger partial charge in [-0.1, -0.05) is 6.07 Å². The number of thiocarbonyl (C=S) groups is 1. The second kappa shape index (κ2) is 5.53. The Hall–Kier alpha value is -2.80. The van der Waals surface area contributed by atoms with Crippen LogP contribution >= 0.6 is 12.2 Å². The molecule has 2 heterocycles. The first-order valence-electron chi connectivity index (χ1n) is 6.23. The van der Waals surface area contributed by atoms with Crippen molar-refractivity contribution in [3.8, 4) is 5.75 Å². The third-order valence-corrected chi connectivity index (χ3v) is 3.23. The molecule has 1 saturated heterocycles. The van der Waals surface area contributed by atoms with Crippen molar-refractivity contribution in [1.29, 1.82) is 0 Å². The Kier molecular flexibility index (Phi) is 3.56. The Morgan fingerprint density at radius 3 is 2.86 bits per heavy atom. The normalized spacial score (nSPS) is 16.2. The van der Waals surface area contributed by atoms with E-state index >= 15 is 0 Å². The first-order valence-corrected chi connectivity index (χ1v) is 6.63. The molecule has 0 atom stereocenters. The van der Waals surface area contributed by atoms with Crippen molar-refractivity contribution in [2.45, 2.75) is 0 Å². The smallest absolute Gasteiger partial charge is 0.301 e. The van der Waals surface area contributed by atoms with Crippen molar-refractivity contribution >= 4 is 35.1 Å². The zero-order chi connectivity index (χ0) is 15.7. The van der Waals surface area contributed by atoms with Crippen LogP contribution in [0.3, 0.4) is 0 Å². The van der Waals surface area contributed by atoms with Crippen LogP contribution in [0, 0.1) is 5.82 Å². The molecule has 1 N–H and O–H groups in total. The number of amides is 1. The number of anilines is 1. The number of benzene rings is 1. The zero-order valence-corrected chi connectivity index (χ0v) is 11.9. The fraction of sp³-hybridized carbons (Fsp3) is 0. The van der Waals surface area contributed by atoms with Gasteiger partial charge in [-0.2, -0.15) is 0 Å². The highest BCUT2D eigenvalue weighted by atomic mass is 32.1. The number of halogens is 1. The summed E-state index contributed by atoms with van der Waals surface area (Å²) in [6.07, 6.45) is 4.41. The van der Waals surface area contributed by atoms with Crippen molar-refractivity contribution in [2.24, 2.45) is 0 Å². The molecule has 0 radical (unpaired) electrons. The Labute approximate surface area is 130 Å². The molecule has 0 aliphatic carbocycles. The summed E-state index contributed by atoms with van der Waals surface area (Å²) in [5.41, 5.74) is 0.854. The number of carbonyl (C=O) groups excluding carboxylic acids is 1. The first-order chi connectivity index (χ1) is 10.6. The molecule has 3 rings (SSSR count). The van der Waals surface area contributed by atoms with E-state index in [1.54, 1.807) is 18.3 Å². The lowest BCUT2D eigenvalue weighted by molar-refractivity contribution is -0.114. The van der Waals surface area contributed by atoms with E-state index < -0.39 is 17.5 Å². The number of pyridine rings is 1. The van der Waals surface area contributed by atoms with Gasteiger partial charge in [-0.25, -0.2) is 9.29 Å². The third kappa shape index (κ3) is 2.53. The van der Waals surface area contributed by atoms with E-state index in [0.717, 1.165) is 6.07 Å². The van der Waals surface area contributed by atoms with E-state index in [2.05, 4.69) is 4.98 Å². The molecule has 1 aromatic heterocycles. The van der Waals surface area contributed by atoms with Gasteiger partial charge < -0.3 is 9.84 Å². The van der Waals surface area contributed by atoms with Crippen LogP contribution in [-0.2, 0) is 9.53 Å². The van der Waals surface area contributed by atoms with Crippen LogP contribution in [0.4, 0.5) is 10.1 Å². The minimum Gasteiger partial charge on any atom is -0.505 e. The summed E-state index contributed by atoms with van der Waals surface area (Å²) in [4.78, 5) is 17.5. The van der Waals surface area contributed by atoms with Gasteiger partial charge >= 0.3 is 5.91 Å². The number of aromatic nitrogens is 1. The Morgan fingerprint density at radius 2 is 2.18 bits per heavy atom. The SMILES string of the molecule is O=C1C(=Cc2ccc(O)c(F)c2)OC(=S)N1c1cccnc1. The molecule has 1 amide bonds. The topological polar surface area (TPSA) is 62.7 Å². The number of phenolic OH excluding ortho intramolecular Hbond substituents is 1. The quantitative estimate of drug-likeness (QED) is 0.681. The van der Waals surface area contributed by atoms with Gasteiger partial charge in [-0.15, -0.1) is 0 Å². The number of nitrogens with zero attached hydrogens (tertiary/aromatic N) is 2. The summed E-state index contributed by atoms with van der Waals surface area (Å²) in [6, 6.07) is 7.08. The van der Waals surface area contributed by atoms with Crippen molar-refractivity contribution in [3.05, 3.63) is 59.9 Å². The average Bonchev–Trinajstić information content (AvgIpc) is 2.78. The number of rotatable bonds is 2. The second-order valence-electron chi connectivity index (χ2n) is 4.44. The van der Waals surface area contributed by atoms with Crippen molar-refractivity contribution in [2.75, 3.05) is 4.90 Å². The number of hydrogen-bond acceptors (Lipinski definition) is 5. The number of ether oxygens (including phenoxy) is 1. The molecule has 1 fully saturated rings. The summed E-state index contributed by atoms with van der Waals surface area (Å²) in [7, 11) is 0. The van der Waals surface area contributed by atoms with Crippen LogP contribution in [0.2, 0.25) is 0 Å². The lowest BCUT2D eigenvalue weighted by Gasteiger charge is -2.10. The van der Waals surface area contributed by atoms with Gasteiger partial charge in [-0.05, 0) is 48.1 Å². The molecule has 0 saturated carbocycles. The first kappa shape index (κ1) is 14.2. The predicted molar refractivity (Wildman–Crippen MR) is 81.4 cm³/mol. The molecule has 22 heavy (non-hydrogen) atoms. The van der Waals surface area contributed by atoms with Gasteiger partial charge in [0.25, 0.3) is 5.17 Å². The van der Waals surface area contributed by atoms with Crippen LogP contribution in [0.15, 0.2) is 48.5 Å². The summed E-state index contributed by atoms with van der Waals surface area (Å²) < 4.78 is 18.6. The minimum absolute atomic E-state index is 0.0245. The number of carbonyl (C=O) groups is 1. The summed E-state index contributed by atoms with van der Waals surface area (Å²) in [5, 5.41) is 9.13. The molecular weight excluding hydrogens is 307 g/mol. The molecule has 0 bridgehead atoms. The molecule has 110 valence electrons. The van der Waals surface area contributed by atoms with Crippen LogP contribution in [0.5, 0.6) is 5.75 Å². The van der Waals surface area contributed by atoms with E-state index in [9.17, 15) is 9.18 Å². The molecule has 0 unspecified atom stereocenters. The highest BCUT2D eigenvalue weighted by Crippen LogP contribution is 2.26. The van der Waals surface area contributed by atoms with Crippen molar-refractivity contribution in [3.63, 3.8) is 0 Å². The van der Waals surface area contributed by atoms with Gasteiger partial charge in [0.15, 0.2) is 17.3 Å². The van der Waals surface area contributed by atoms with Crippen LogP contribution in [0.1, 0.15) is 5.56 Å². The maximum atomic E-state index is 13.3. The van der Waals surface area contributed by atoms with E-state index in [4.69, 9.17) is 22.1 Å². The monoisotopic (exact) mass is 316 g/mol. The largest absolute Gasteiger partial charge is 0.505 e. The second-order valence-corrected chi connectivity index (χ2v) is 4.79. The Bertz CT molecular complexity index is 793. The lowest BCUT2D eigenvalue weighted by atomic mass is 10.2. The predicted octanol–water partition coefficient (Wildman–Crippen LogP) is 2.62. The van der Waals surface area contributed by atoms with Gasteiger partial charge in [0.2, 0.25) is 0 Å². The maximum Gasteiger partial charge on any atom is 0.301 e. The van der Waals surface area contributed by atoms with Crippen molar-refractivity contribution < 1.29 is 19.0 Å². The van der Waals surface area contributed by atoms with Crippen molar-refractivity contribution in [1.82, 2.24) is 4.98 Å². The van der Waals surface area contributed by atoms with Gasteiger partial charge in [0.1, 0.15) is 0 Å². The standard InChI is InChI=1S/C15H9FN2O3S/c16-11-6-9(3-4-12(11)19)7-13-14(20)18(15(22)21-13)10-2-1-5-17-8-10/h1-8,19H. The van der Waals surface area contributed by atoms with Gasteiger partial charge in [0.05, 0.1) is 11.9 Å². The van der Waals surface area contributed by atoms with Crippen LogP contribution in [0.25, 0.3) is 6.08 Å². The lowest BCUT2D eigenvalue weighted by Crippen LogP contribution is -2.28. The van der Waals surface area contributed by atoms with Crippen LogP contribution < -0.4 is 4.90 Å². The molecule has 5 nitrogen and oxygen atoms in total.